The number of benzene rings is 1. The first kappa shape index (κ1) is 16.8. The van der Waals surface area contributed by atoms with Crippen LogP contribution in [-0.2, 0) is 4.74 Å². The molecule has 0 spiro atoms. The standard InChI is InChI=1S/C18H28ClNO/c1-18(2,3)20-13-17(14-9-11-15(19)12-10-14)21-16-7-5-4-6-8-16/h9-12,16-17,20H,4-8,13H2,1-3H3. The van der Waals surface area contributed by atoms with Gasteiger partial charge in [0.1, 0.15) is 0 Å². The summed E-state index contributed by atoms with van der Waals surface area (Å²) in [5.74, 6) is 0. The molecule has 1 fully saturated rings. The number of ether oxygens (including phenoxy) is 1. The van der Waals surface area contributed by atoms with Crippen LogP contribution in [-0.4, -0.2) is 18.2 Å². The van der Waals surface area contributed by atoms with Crippen LogP contribution < -0.4 is 5.32 Å². The fraction of sp³-hybridized carbons (Fsp3) is 0.667. The molecule has 0 amide bonds. The van der Waals surface area contributed by atoms with Crippen molar-refractivity contribution in [2.75, 3.05) is 6.54 Å². The molecular formula is C18H28ClNO. The van der Waals surface area contributed by atoms with E-state index in [4.69, 9.17) is 16.3 Å². The van der Waals surface area contributed by atoms with Crippen LogP contribution >= 0.6 is 11.6 Å². The van der Waals surface area contributed by atoms with E-state index in [1.165, 1.54) is 37.7 Å². The highest BCUT2D eigenvalue weighted by molar-refractivity contribution is 6.30. The van der Waals surface area contributed by atoms with Crippen molar-refractivity contribution in [1.29, 1.82) is 0 Å². The van der Waals surface area contributed by atoms with Crippen molar-refractivity contribution in [3.05, 3.63) is 34.9 Å². The van der Waals surface area contributed by atoms with E-state index < -0.39 is 0 Å². The Morgan fingerprint density at radius 2 is 1.76 bits per heavy atom. The molecule has 2 nitrogen and oxygen atoms in total. The largest absolute Gasteiger partial charge is 0.369 e. The summed E-state index contributed by atoms with van der Waals surface area (Å²) in [6, 6.07) is 8.07. The molecule has 21 heavy (non-hydrogen) atoms. The van der Waals surface area contributed by atoms with E-state index >= 15 is 0 Å². The van der Waals surface area contributed by atoms with Gasteiger partial charge in [0.25, 0.3) is 0 Å². The van der Waals surface area contributed by atoms with Gasteiger partial charge in [-0.25, -0.2) is 0 Å². The summed E-state index contributed by atoms with van der Waals surface area (Å²) in [4.78, 5) is 0. The highest BCUT2D eigenvalue weighted by Crippen LogP contribution is 2.27. The monoisotopic (exact) mass is 309 g/mol. The predicted octanol–water partition coefficient (Wildman–Crippen LogP) is 5.12. The maximum Gasteiger partial charge on any atom is 0.0953 e. The average molecular weight is 310 g/mol. The van der Waals surface area contributed by atoms with Gasteiger partial charge in [-0.05, 0) is 51.3 Å². The number of halogens is 1. The van der Waals surface area contributed by atoms with E-state index in [9.17, 15) is 0 Å². The summed E-state index contributed by atoms with van der Waals surface area (Å²) < 4.78 is 6.41. The fourth-order valence-corrected chi connectivity index (χ4v) is 2.88. The second-order valence-corrected chi connectivity index (χ2v) is 7.50. The highest BCUT2D eigenvalue weighted by Gasteiger charge is 2.22. The lowest BCUT2D eigenvalue weighted by Crippen LogP contribution is -2.39. The third-order valence-electron chi connectivity index (χ3n) is 3.97. The number of hydrogen-bond acceptors (Lipinski definition) is 2. The predicted molar refractivity (Wildman–Crippen MR) is 89.9 cm³/mol. The second-order valence-electron chi connectivity index (χ2n) is 7.07. The molecule has 0 aromatic heterocycles. The Morgan fingerprint density at radius 1 is 1.14 bits per heavy atom. The van der Waals surface area contributed by atoms with Crippen LogP contribution in [0.2, 0.25) is 5.02 Å². The van der Waals surface area contributed by atoms with Crippen LogP contribution in [0, 0.1) is 0 Å². The summed E-state index contributed by atoms with van der Waals surface area (Å²) in [5.41, 5.74) is 1.31. The summed E-state index contributed by atoms with van der Waals surface area (Å²) in [6.45, 7) is 7.40. The molecule has 1 aromatic rings. The zero-order chi connectivity index (χ0) is 15.3. The summed E-state index contributed by atoms with van der Waals surface area (Å²) >= 11 is 6.00. The summed E-state index contributed by atoms with van der Waals surface area (Å²) in [6.07, 6.45) is 6.84. The second kappa shape index (κ2) is 7.62. The third-order valence-corrected chi connectivity index (χ3v) is 4.22. The van der Waals surface area contributed by atoms with Gasteiger partial charge >= 0.3 is 0 Å². The van der Waals surface area contributed by atoms with Gasteiger partial charge in [-0.1, -0.05) is 43.0 Å². The maximum atomic E-state index is 6.41. The molecule has 0 heterocycles. The van der Waals surface area contributed by atoms with Crippen molar-refractivity contribution in [2.24, 2.45) is 0 Å². The molecule has 1 aromatic carbocycles. The fourth-order valence-electron chi connectivity index (χ4n) is 2.75. The van der Waals surface area contributed by atoms with Crippen molar-refractivity contribution < 1.29 is 4.74 Å². The van der Waals surface area contributed by atoms with Crippen molar-refractivity contribution in [3.8, 4) is 0 Å². The van der Waals surface area contributed by atoms with Gasteiger partial charge in [0.15, 0.2) is 0 Å². The van der Waals surface area contributed by atoms with Crippen LogP contribution in [0.15, 0.2) is 24.3 Å². The Hall–Kier alpha value is -0.570. The van der Waals surface area contributed by atoms with Crippen molar-refractivity contribution in [3.63, 3.8) is 0 Å². The van der Waals surface area contributed by atoms with E-state index in [1.54, 1.807) is 0 Å². The molecule has 1 atom stereocenters. The van der Waals surface area contributed by atoms with E-state index in [-0.39, 0.29) is 11.6 Å². The molecule has 0 radical (unpaired) electrons. The van der Waals surface area contributed by atoms with Gasteiger partial charge in [-0.15, -0.1) is 0 Å². The molecule has 1 N–H and O–H groups in total. The molecule has 0 saturated heterocycles. The quantitative estimate of drug-likeness (QED) is 0.815. The molecule has 118 valence electrons. The van der Waals surface area contributed by atoms with Gasteiger partial charge in [0.05, 0.1) is 12.2 Å². The Bertz CT molecular complexity index is 418. The molecule has 3 heteroatoms. The van der Waals surface area contributed by atoms with E-state index in [0.29, 0.717) is 6.10 Å². The van der Waals surface area contributed by atoms with Crippen LogP contribution in [0.1, 0.15) is 64.5 Å². The van der Waals surface area contributed by atoms with Gasteiger partial charge in [0, 0.05) is 17.1 Å². The van der Waals surface area contributed by atoms with Crippen LogP contribution in [0.25, 0.3) is 0 Å². The van der Waals surface area contributed by atoms with Crippen LogP contribution in [0.4, 0.5) is 0 Å². The summed E-state index contributed by atoms with van der Waals surface area (Å²) in [5, 5.41) is 4.34. The van der Waals surface area contributed by atoms with E-state index in [2.05, 4.69) is 38.2 Å². The Morgan fingerprint density at radius 3 is 2.33 bits per heavy atom. The van der Waals surface area contributed by atoms with Crippen molar-refractivity contribution >= 4 is 11.6 Å². The highest BCUT2D eigenvalue weighted by atomic mass is 35.5. The maximum absolute atomic E-state index is 6.41. The lowest BCUT2D eigenvalue weighted by molar-refractivity contribution is -0.0327. The zero-order valence-electron chi connectivity index (χ0n) is 13.5. The topological polar surface area (TPSA) is 21.3 Å². The van der Waals surface area contributed by atoms with Crippen LogP contribution in [0.3, 0.4) is 0 Å². The molecule has 0 bridgehead atoms. The number of nitrogens with one attached hydrogen (secondary N) is 1. The molecule has 1 unspecified atom stereocenters. The van der Waals surface area contributed by atoms with Crippen molar-refractivity contribution in [1.82, 2.24) is 5.32 Å². The smallest absolute Gasteiger partial charge is 0.0953 e. The van der Waals surface area contributed by atoms with Gasteiger partial charge in [-0.3, -0.25) is 0 Å². The first-order valence-corrected chi connectivity index (χ1v) is 8.48. The van der Waals surface area contributed by atoms with Gasteiger partial charge in [0.2, 0.25) is 0 Å². The first-order valence-electron chi connectivity index (χ1n) is 8.10. The van der Waals surface area contributed by atoms with Gasteiger partial charge in [-0.2, -0.15) is 0 Å². The molecule has 1 aliphatic rings. The number of hydrogen-bond donors (Lipinski definition) is 1. The van der Waals surface area contributed by atoms with E-state index in [0.717, 1.165) is 11.6 Å². The molecular weight excluding hydrogens is 282 g/mol. The van der Waals surface area contributed by atoms with E-state index in [1.807, 2.05) is 12.1 Å². The SMILES string of the molecule is CC(C)(C)NCC(OC1CCCCC1)c1ccc(Cl)cc1. The molecule has 1 aliphatic carbocycles. The first-order chi connectivity index (χ1) is 9.94. The lowest BCUT2D eigenvalue weighted by Gasteiger charge is -2.30. The minimum absolute atomic E-state index is 0.0978. The minimum atomic E-state index is 0.0978. The average Bonchev–Trinajstić information content (AvgIpc) is 2.45. The Labute approximate surface area is 134 Å². The lowest BCUT2D eigenvalue weighted by atomic mass is 9.97. The molecule has 1 saturated carbocycles. The number of rotatable bonds is 5. The Balaban J connectivity index is 2.03. The molecule has 2 rings (SSSR count). The molecule has 0 aliphatic heterocycles. The van der Waals surface area contributed by atoms with Crippen molar-refractivity contribution in [2.45, 2.75) is 70.6 Å². The van der Waals surface area contributed by atoms with Gasteiger partial charge < -0.3 is 10.1 Å². The summed E-state index contributed by atoms with van der Waals surface area (Å²) in [7, 11) is 0. The Kier molecular flexibility index (Phi) is 6.09. The minimum Gasteiger partial charge on any atom is -0.369 e. The van der Waals surface area contributed by atoms with Crippen LogP contribution in [0.5, 0.6) is 0 Å². The normalized spacial score (nSPS) is 18.7. The third kappa shape index (κ3) is 5.98. The zero-order valence-corrected chi connectivity index (χ0v) is 14.2.